The van der Waals surface area contributed by atoms with Crippen LogP contribution >= 0.6 is 0 Å². The molecule has 0 aromatic rings. The molecule has 2 radical (unpaired) electrons. The summed E-state index contributed by atoms with van der Waals surface area (Å²) in [6.07, 6.45) is 6.42. The van der Waals surface area contributed by atoms with Crippen molar-refractivity contribution in [2.24, 2.45) is 5.92 Å². The van der Waals surface area contributed by atoms with E-state index >= 15 is 0 Å². The van der Waals surface area contributed by atoms with Gasteiger partial charge in [-0.25, -0.2) is 0 Å². The molecule has 12 heavy (non-hydrogen) atoms. The Hall–Kier alpha value is -0.530. The minimum atomic E-state index is -0.395. The van der Waals surface area contributed by atoms with Gasteiger partial charge >= 0.3 is 0 Å². The predicted molar refractivity (Wildman–Crippen MR) is 48.5 cm³/mol. The smallest absolute Gasteiger partial charge is 0.224 e. The highest BCUT2D eigenvalue weighted by Crippen LogP contribution is 2.26. The van der Waals surface area contributed by atoms with Crippen LogP contribution in [0.3, 0.4) is 0 Å². The van der Waals surface area contributed by atoms with Crippen molar-refractivity contribution < 1.29 is 4.79 Å². The third-order valence-electron chi connectivity index (χ3n) is 2.73. The lowest BCUT2D eigenvalue weighted by atomic mass is 9.84. The molecule has 2 heteroatoms. The van der Waals surface area contributed by atoms with Crippen LogP contribution in [0.5, 0.6) is 0 Å². The monoisotopic (exact) mass is 167 g/mol. The first-order valence-electron chi connectivity index (χ1n) is 4.76. The highest BCUT2D eigenvalue weighted by molar-refractivity contribution is 5.80. The summed E-state index contributed by atoms with van der Waals surface area (Å²) >= 11 is 0. The van der Waals surface area contributed by atoms with Gasteiger partial charge in [0, 0.05) is 6.04 Å². The van der Waals surface area contributed by atoms with Crippen molar-refractivity contribution in [1.82, 2.24) is 5.32 Å². The Morgan fingerprint density at radius 2 is 2.00 bits per heavy atom. The third-order valence-corrected chi connectivity index (χ3v) is 2.73. The first-order chi connectivity index (χ1) is 5.70. The lowest BCUT2D eigenvalue weighted by molar-refractivity contribution is -0.117. The number of rotatable bonds is 2. The van der Waals surface area contributed by atoms with Crippen LogP contribution in [0.4, 0.5) is 0 Å². The third kappa shape index (κ3) is 2.84. The van der Waals surface area contributed by atoms with Gasteiger partial charge in [0.25, 0.3) is 0 Å². The van der Waals surface area contributed by atoms with E-state index in [4.69, 9.17) is 6.92 Å². The summed E-state index contributed by atoms with van der Waals surface area (Å²) in [7, 11) is 0. The Balaban J connectivity index is 2.29. The zero-order chi connectivity index (χ0) is 8.97. The van der Waals surface area contributed by atoms with Gasteiger partial charge < -0.3 is 5.32 Å². The minimum absolute atomic E-state index is 0.253. The highest BCUT2D eigenvalue weighted by atomic mass is 16.1. The van der Waals surface area contributed by atoms with E-state index < -0.39 is 5.91 Å². The van der Waals surface area contributed by atoms with E-state index in [2.05, 4.69) is 5.32 Å². The van der Waals surface area contributed by atoms with Gasteiger partial charge in [-0.2, -0.15) is 0 Å². The maximum Gasteiger partial charge on any atom is 0.224 e. The fourth-order valence-corrected chi connectivity index (χ4v) is 1.98. The zero-order valence-electron chi connectivity index (χ0n) is 7.68. The predicted octanol–water partition coefficient (Wildman–Crippen LogP) is 1.78. The Morgan fingerprint density at radius 3 is 2.50 bits per heavy atom. The second kappa shape index (κ2) is 4.48. The summed E-state index contributed by atoms with van der Waals surface area (Å²) in [5, 5.41) is 2.75. The molecule has 0 aromatic heterocycles. The summed E-state index contributed by atoms with van der Waals surface area (Å²) in [4.78, 5) is 10.6. The molecule has 0 saturated heterocycles. The minimum Gasteiger partial charge on any atom is -0.353 e. The van der Waals surface area contributed by atoms with Crippen molar-refractivity contribution in [2.75, 3.05) is 0 Å². The first kappa shape index (κ1) is 9.56. The zero-order valence-corrected chi connectivity index (χ0v) is 7.68. The number of nitrogens with one attached hydrogen (secondary N) is 1. The average Bonchev–Trinajstić information content (AvgIpc) is 2.05. The lowest BCUT2D eigenvalue weighted by Crippen LogP contribution is -2.37. The first-order valence-corrected chi connectivity index (χ1v) is 4.76. The molecule has 1 amide bonds. The highest BCUT2D eigenvalue weighted by Gasteiger charge is 2.20. The van der Waals surface area contributed by atoms with Gasteiger partial charge in [-0.05, 0) is 25.7 Å². The van der Waals surface area contributed by atoms with Crippen LogP contribution in [0.1, 0.15) is 39.0 Å². The maximum absolute atomic E-state index is 10.6. The molecule has 0 heterocycles. The molecule has 0 aliphatic heterocycles. The van der Waals surface area contributed by atoms with Crippen LogP contribution in [-0.2, 0) is 4.79 Å². The molecule has 1 saturated carbocycles. The average molecular weight is 167 g/mol. The Kier molecular flexibility index (Phi) is 3.57. The van der Waals surface area contributed by atoms with Crippen LogP contribution in [-0.4, -0.2) is 11.9 Å². The summed E-state index contributed by atoms with van der Waals surface area (Å²) < 4.78 is 0. The van der Waals surface area contributed by atoms with E-state index in [-0.39, 0.29) is 6.04 Å². The van der Waals surface area contributed by atoms with E-state index in [0.29, 0.717) is 5.92 Å². The fraction of sp³-hybridized carbons (Fsp3) is 0.800. The molecule has 1 N–H and O–H groups in total. The summed E-state index contributed by atoms with van der Waals surface area (Å²) in [6, 6.07) is 0.253. The van der Waals surface area contributed by atoms with Crippen molar-refractivity contribution >= 4 is 5.91 Å². The molecule has 68 valence electrons. The van der Waals surface area contributed by atoms with Crippen LogP contribution in [0.2, 0.25) is 0 Å². The summed E-state index contributed by atoms with van der Waals surface area (Å²) in [5.74, 6) is 0.249. The molecule has 0 spiro atoms. The number of carbonyl (C=O) groups is 1. The Bertz CT molecular complexity index is 150. The maximum atomic E-state index is 10.6. The quantitative estimate of drug-likeness (QED) is 0.667. The molecule has 1 unspecified atom stereocenters. The van der Waals surface area contributed by atoms with Crippen molar-refractivity contribution in [2.45, 2.75) is 45.1 Å². The van der Waals surface area contributed by atoms with Crippen LogP contribution in [0, 0.1) is 12.8 Å². The van der Waals surface area contributed by atoms with Crippen molar-refractivity contribution in [3.63, 3.8) is 0 Å². The molecule has 0 bridgehead atoms. The molecule has 2 nitrogen and oxygen atoms in total. The fourth-order valence-electron chi connectivity index (χ4n) is 1.98. The van der Waals surface area contributed by atoms with E-state index in [1.807, 2.05) is 6.92 Å². The van der Waals surface area contributed by atoms with Crippen molar-refractivity contribution in [1.29, 1.82) is 0 Å². The van der Waals surface area contributed by atoms with E-state index in [0.717, 1.165) is 0 Å². The van der Waals surface area contributed by atoms with Gasteiger partial charge in [-0.1, -0.05) is 19.3 Å². The van der Waals surface area contributed by atoms with Gasteiger partial charge in [0.15, 0.2) is 0 Å². The van der Waals surface area contributed by atoms with E-state index in [1.165, 1.54) is 32.1 Å². The van der Waals surface area contributed by atoms with Gasteiger partial charge in [-0.15, -0.1) is 0 Å². The molecule has 1 rings (SSSR count). The Labute approximate surface area is 74.7 Å². The second-order valence-electron chi connectivity index (χ2n) is 3.70. The molecular weight excluding hydrogens is 150 g/mol. The number of amides is 1. The Morgan fingerprint density at radius 1 is 1.42 bits per heavy atom. The SMILES string of the molecule is [CH]C(=O)NC(C)C1CCCCC1. The van der Waals surface area contributed by atoms with Gasteiger partial charge in [0.05, 0.1) is 6.92 Å². The molecule has 1 fully saturated rings. The normalized spacial score (nSPS) is 21.8. The van der Waals surface area contributed by atoms with Gasteiger partial charge in [0.1, 0.15) is 0 Å². The molecule has 1 aliphatic rings. The van der Waals surface area contributed by atoms with Crippen molar-refractivity contribution in [3.8, 4) is 0 Å². The number of carbonyl (C=O) groups excluding carboxylic acids is 1. The molecule has 1 aliphatic carbocycles. The second-order valence-corrected chi connectivity index (χ2v) is 3.70. The number of hydrogen-bond acceptors (Lipinski definition) is 1. The summed E-state index contributed by atoms with van der Waals surface area (Å²) in [6.45, 7) is 7.09. The van der Waals surface area contributed by atoms with E-state index in [1.54, 1.807) is 0 Å². The molecule has 0 aromatic carbocycles. The molecule has 1 atom stereocenters. The number of hydrogen-bond donors (Lipinski definition) is 1. The topological polar surface area (TPSA) is 29.1 Å². The molecular formula is C10H17NO. The van der Waals surface area contributed by atoms with Crippen LogP contribution in [0.15, 0.2) is 0 Å². The van der Waals surface area contributed by atoms with Gasteiger partial charge in [-0.3, -0.25) is 4.79 Å². The van der Waals surface area contributed by atoms with Crippen LogP contribution in [0.25, 0.3) is 0 Å². The van der Waals surface area contributed by atoms with Gasteiger partial charge in [0.2, 0.25) is 5.91 Å². The standard InChI is InChI=1S/C10H17NO/c1-8(11-9(2)12)10-6-4-3-5-7-10/h2,8,10H,3-7H2,1H3,(H,11,12). The van der Waals surface area contributed by atoms with E-state index in [9.17, 15) is 4.79 Å². The van der Waals surface area contributed by atoms with Crippen molar-refractivity contribution in [3.05, 3.63) is 6.92 Å². The summed E-state index contributed by atoms with van der Waals surface area (Å²) in [5.41, 5.74) is 0. The largest absolute Gasteiger partial charge is 0.353 e. The van der Waals surface area contributed by atoms with Crippen LogP contribution < -0.4 is 5.32 Å². The lowest BCUT2D eigenvalue weighted by Gasteiger charge is -2.27.